The Morgan fingerprint density at radius 3 is 2.53 bits per heavy atom. The molecule has 0 bridgehead atoms. The molecule has 1 saturated carbocycles. The number of hydrogen-bond acceptors (Lipinski definition) is 3. The summed E-state index contributed by atoms with van der Waals surface area (Å²) in [5.74, 6) is 0.257. The topological polar surface area (TPSA) is 55.4 Å². The highest BCUT2D eigenvalue weighted by Gasteiger charge is 2.18. The van der Waals surface area contributed by atoms with Crippen molar-refractivity contribution in [1.82, 2.24) is 5.32 Å². The number of carbonyl (C=O) groups is 2. The second-order valence-electron chi connectivity index (χ2n) is 4.86. The lowest BCUT2D eigenvalue weighted by Crippen LogP contribution is -2.39. The number of carbonyl (C=O) groups excluding carboxylic acids is 2. The van der Waals surface area contributed by atoms with Crippen molar-refractivity contribution in [3.63, 3.8) is 0 Å². The van der Waals surface area contributed by atoms with Crippen LogP contribution in [0.5, 0.6) is 0 Å². The lowest BCUT2D eigenvalue weighted by Gasteiger charge is -2.21. The van der Waals surface area contributed by atoms with Crippen LogP contribution < -0.4 is 5.32 Å². The molecule has 4 nitrogen and oxygen atoms in total. The molecule has 1 rings (SSSR count). The predicted octanol–water partition coefficient (Wildman–Crippen LogP) is 2.02. The van der Waals surface area contributed by atoms with Crippen molar-refractivity contribution in [2.45, 2.75) is 57.9 Å². The molecular formula is C13H23NO3. The summed E-state index contributed by atoms with van der Waals surface area (Å²) in [6, 6.07) is -0.543. The highest BCUT2D eigenvalue weighted by Crippen LogP contribution is 2.27. The van der Waals surface area contributed by atoms with E-state index in [9.17, 15) is 9.59 Å². The van der Waals surface area contributed by atoms with Crippen LogP contribution in [0.3, 0.4) is 0 Å². The first kappa shape index (κ1) is 14.0. The van der Waals surface area contributed by atoms with Gasteiger partial charge in [-0.1, -0.05) is 32.1 Å². The molecule has 1 aliphatic carbocycles. The van der Waals surface area contributed by atoms with Gasteiger partial charge in [0.05, 0.1) is 7.11 Å². The Balaban J connectivity index is 2.18. The van der Waals surface area contributed by atoms with Gasteiger partial charge in [-0.05, 0) is 19.3 Å². The molecule has 0 aliphatic heterocycles. The maximum Gasteiger partial charge on any atom is 0.328 e. The molecule has 0 heterocycles. The molecule has 0 spiro atoms. The Morgan fingerprint density at radius 2 is 1.94 bits per heavy atom. The van der Waals surface area contributed by atoms with Crippen LogP contribution in [0.2, 0.25) is 0 Å². The third-order valence-corrected chi connectivity index (χ3v) is 3.44. The van der Waals surface area contributed by atoms with Gasteiger partial charge in [0.2, 0.25) is 5.91 Å². The van der Waals surface area contributed by atoms with E-state index < -0.39 is 12.0 Å². The van der Waals surface area contributed by atoms with E-state index in [1.165, 1.54) is 39.2 Å². The monoisotopic (exact) mass is 241 g/mol. The van der Waals surface area contributed by atoms with Crippen LogP contribution >= 0.6 is 0 Å². The van der Waals surface area contributed by atoms with E-state index >= 15 is 0 Å². The fraction of sp³-hybridized carbons (Fsp3) is 0.846. The van der Waals surface area contributed by atoms with Crippen molar-refractivity contribution in [1.29, 1.82) is 0 Å². The molecule has 1 N–H and O–H groups in total. The number of rotatable bonds is 5. The van der Waals surface area contributed by atoms with E-state index in [1.54, 1.807) is 6.92 Å². The SMILES string of the molecule is COC(=O)[C@@H](C)NC(=O)CCC1CCCCC1. The molecular weight excluding hydrogens is 218 g/mol. The highest BCUT2D eigenvalue weighted by atomic mass is 16.5. The quantitative estimate of drug-likeness (QED) is 0.749. The van der Waals surface area contributed by atoms with Crippen molar-refractivity contribution in [2.75, 3.05) is 7.11 Å². The molecule has 0 aromatic carbocycles. The zero-order chi connectivity index (χ0) is 12.7. The minimum Gasteiger partial charge on any atom is -0.467 e. The second kappa shape index (κ2) is 7.30. The van der Waals surface area contributed by atoms with Crippen LogP contribution in [0.15, 0.2) is 0 Å². The third-order valence-electron chi connectivity index (χ3n) is 3.44. The summed E-state index contributed by atoms with van der Waals surface area (Å²) in [7, 11) is 1.33. The molecule has 0 unspecified atom stereocenters. The number of amides is 1. The van der Waals surface area contributed by atoms with E-state index in [4.69, 9.17) is 0 Å². The van der Waals surface area contributed by atoms with Crippen LogP contribution in [0.1, 0.15) is 51.9 Å². The Bertz CT molecular complexity index is 259. The Morgan fingerprint density at radius 1 is 1.29 bits per heavy atom. The van der Waals surface area contributed by atoms with E-state index in [0.29, 0.717) is 12.3 Å². The first-order valence-corrected chi connectivity index (χ1v) is 6.50. The second-order valence-corrected chi connectivity index (χ2v) is 4.86. The summed E-state index contributed by atoms with van der Waals surface area (Å²) in [6.45, 7) is 1.64. The molecule has 0 saturated heterocycles. The van der Waals surface area contributed by atoms with Gasteiger partial charge in [-0.15, -0.1) is 0 Å². The minimum atomic E-state index is -0.543. The minimum absolute atomic E-state index is 0.0477. The van der Waals surface area contributed by atoms with Gasteiger partial charge in [-0.25, -0.2) is 4.79 Å². The molecule has 98 valence electrons. The van der Waals surface area contributed by atoms with Crippen LogP contribution in [-0.2, 0) is 14.3 Å². The zero-order valence-corrected chi connectivity index (χ0v) is 10.8. The van der Waals surface area contributed by atoms with Gasteiger partial charge in [0.25, 0.3) is 0 Å². The van der Waals surface area contributed by atoms with E-state index in [2.05, 4.69) is 10.1 Å². The number of hydrogen-bond donors (Lipinski definition) is 1. The molecule has 17 heavy (non-hydrogen) atoms. The van der Waals surface area contributed by atoms with Crippen LogP contribution in [0, 0.1) is 5.92 Å². The smallest absolute Gasteiger partial charge is 0.328 e. The zero-order valence-electron chi connectivity index (χ0n) is 10.8. The molecule has 1 atom stereocenters. The molecule has 1 fully saturated rings. The molecule has 0 radical (unpaired) electrons. The summed E-state index contributed by atoms with van der Waals surface area (Å²) in [5.41, 5.74) is 0. The van der Waals surface area contributed by atoms with Gasteiger partial charge in [-0.3, -0.25) is 4.79 Å². The van der Waals surface area contributed by atoms with Crippen molar-refractivity contribution >= 4 is 11.9 Å². The summed E-state index contributed by atoms with van der Waals surface area (Å²) in [6.07, 6.45) is 7.89. The van der Waals surface area contributed by atoms with Crippen LogP contribution in [0.25, 0.3) is 0 Å². The Labute approximate surface area is 103 Å². The van der Waals surface area contributed by atoms with Gasteiger partial charge in [0.15, 0.2) is 0 Å². The van der Waals surface area contributed by atoms with Gasteiger partial charge in [-0.2, -0.15) is 0 Å². The number of nitrogens with one attached hydrogen (secondary N) is 1. The molecule has 1 aliphatic rings. The van der Waals surface area contributed by atoms with E-state index in [1.807, 2.05) is 0 Å². The maximum atomic E-state index is 11.6. The normalized spacial score (nSPS) is 18.5. The van der Waals surface area contributed by atoms with Gasteiger partial charge in [0, 0.05) is 6.42 Å². The lowest BCUT2D eigenvalue weighted by atomic mass is 9.86. The van der Waals surface area contributed by atoms with Crippen molar-refractivity contribution in [3.8, 4) is 0 Å². The predicted molar refractivity (Wildman–Crippen MR) is 65.4 cm³/mol. The Hall–Kier alpha value is -1.06. The third kappa shape index (κ3) is 5.20. The summed E-state index contributed by atoms with van der Waals surface area (Å²) in [5, 5.41) is 2.66. The highest BCUT2D eigenvalue weighted by molar-refractivity contribution is 5.83. The standard InChI is InChI=1S/C13H23NO3/c1-10(13(16)17-2)14-12(15)9-8-11-6-4-3-5-7-11/h10-11H,3-9H2,1-2H3,(H,14,15)/t10-/m1/s1. The van der Waals surface area contributed by atoms with Crippen molar-refractivity contribution in [3.05, 3.63) is 0 Å². The lowest BCUT2D eigenvalue weighted by molar-refractivity contribution is -0.144. The van der Waals surface area contributed by atoms with Gasteiger partial charge >= 0.3 is 5.97 Å². The summed E-state index contributed by atoms with van der Waals surface area (Å²) >= 11 is 0. The largest absolute Gasteiger partial charge is 0.467 e. The molecule has 0 aromatic rings. The van der Waals surface area contributed by atoms with E-state index in [-0.39, 0.29) is 5.91 Å². The van der Waals surface area contributed by atoms with Crippen molar-refractivity contribution < 1.29 is 14.3 Å². The summed E-state index contributed by atoms with van der Waals surface area (Å²) < 4.78 is 4.55. The fourth-order valence-corrected chi connectivity index (χ4v) is 2.36. The van der Waals surface area contributed by atoms with E-state index in [0.717, 1.165) is 6.42 Å². The first-order valence-electron chi connectivity index (χ1n) is 6.50. The Kier molecular flexibility index (Phi) is 6.01. The molecule has 0 aromatic heterocycles. The number of esters is 1. The average molecular weight is 241 g/mol. The van der Waals surface area contributed by atoms with Crippen molar-refractivity contribution in [2.24, 2.45) is 5.92 Å². The molecule has 1 amide bonds. The fourth-order valence-electron chi connectivity index (χ4n) is 2.36. The first-order chi connectivity index (χ1) is 8.13. The summed E-state index contributed by atoms with van der Waals surface area (Å²) in [4.78, 5) is 22.7. The van der Waals surface area contributed by atoms with Gasteiger partial charge in [0.1, 0.15) is 6.04 Å². The van der Waals surface area contributed by atoms with Crippen LogP contribution in [-0.4, -0.2) is 25.0 Å². The number of methoxy groups -OCH3 is 1. The molecule has 4 heteroatoms. The average Bonchev–Trinajstić information content (AvgIpc) is 2.36. The maximum absolute atomic E-state index is 11.6. The van der Waals surface area contributed by atoms with Crippen LogP contribution in [0.4, 0.5) is 0 Å². The van der Waals surface area contributed by atoms with Gasteiger partial charge < -0.3 is 10.1 Å². The number of ether oxygens (including phenoxy) is 1.